The van der Waals surface area contributed by atoms with E-state index in [1.807, 2.05) is 11.4 Å². The fraction of sp³-hybridized carbons (Fsp3) is 0.571. The predicted molar refractivity (Wildman–Crippen MR) is 77.1 cm³/mol. The summed E-state index contributed by atoms with van der Waals surface area (Å²) in [5.41, 5.74) is 6.77. The highest BCUT2D eigenvalue weighted by Gasteiger charge is 2.20. The summed E-state index contributed by atoms with van der Waals surface area (Å²) in [5.74, 6) is 1.89. The molecule has 2 aromatic rings. The van der Waals surface area contributed by atoms with E-state index in [1.165, 1.54) is 56.3 Å². The Balaban J connectivity index is 1.78. The number of nitrogens with zero attached hydrogens (tertiary/aromatic N) is 2. The van der Waals surface area contributed by atoms with Crippen LogP contribution in [0.2, 0.25) is 0 Å². The molecular formula is C14H19N3OS. The highest BCUT2D eigenvalue weighted by molar-refractivity contribution is 7.14. The van der Waals surface area contributed by atoms with Gasteiger partial charge in [-0.25, -0.2) is 0 Å². The molecule has 2 N–H and O–H groups in total. The fourth-order valence-corrected chi connectivity index (χ4v) is 3.36. The Labute approximate surface area is 117 Å². The van der Waals surface area contributed by atoms with Gasteiger partial charge in [-0.1, -0.05) is 37.3 Å². The highest BCUT2D eigenvalue weighted by atomic mass is 32.1. The van der Waals surface area contributed by atoms with Crippen LogP contribution >= 0.6 is 11.3 Å². The van der Waals surface area contributed by atoms with Gasteiger partial charge in [0.25, 0.3) is 5.89 Å². The first-order valence-corrected chi connectivity index (χ1v) is 7.89. The van der Waals surface area contributed by atoms with E-state index < -0.39 is 0 Å². The Kier molecular flexibility index (Phi) is 3.82. The van der Waals surface area contributed by atoms with Gasteiger partial charge in [0.15, 0.2) is 5.82 Å². The molecule has 0 saturated heterocycles. The first-order chi connectivity index (χ1) is 9.34. The lowest BCUT2D eigenvalue weighted by atomic mass is 9.91. The van der Waals surface area contributed by atoms with Gasteiger partial charge in [0, 0.05) is 5.92 Å². The number of nitrogen functional groups attached to an aromatic ring is 1. The van der Waals surface area contributed by atoms with Crippen LogP contribution in [0.15, 0.2) is 16.0 Å². The summed E-state index contributed by atoms with van der Waals surface area (Å²) < 4.78 is 5.38. The van der Waals surface area contributed by atoms with Crippen LogP contribution in [-0.2, 0) is 0 Å². The second-order valence-corrected chi connectivity index (χ2v) is 6.15. The minimum absolute atomic E-state index is 0.456. The molecule has 0 spiro atoms. The zero-order valence-corrected chi connectivity index (χ0v) is 11.8. The molecule has 0 unspecified atom stereocenters. The molecular weight excluding hydrogens is 258 g/mol. The third kappa shape index (κ3) is 2.81. The first-order valence-electron chi connectivity index (χ1n) is 7.01. The Bertz CT molecular complexity index is 526. The number of hydrogen-bond acceptors (Lipinski definition) is 5. The molecule has 1 aliphatic rings. The third-order valence-corrected chi connectivity index (χ3v) is 4.58. The van der Waals surface area contributed by atoms with Crippen LogP contribution in [0.3, 0.4) is 0 Å². The van der Waals surface area contributed by atoms with E-state index in [4.69, 9.17) is 10.3 Å². The second kappa shape index (κ2) is 5.74. The van der Waals surface area contributed by atoms with Crippen molar-refractivity contribution in [2.24, 2.45) is 0 Å². The normalized spacial score (nSPS) is 18.1. The molecule has 0 aliphatic heterocycles. The largest absolute Gasteiger partial charge is 0.390 e. The number of thiophene rings is 1. The maximum Gasteiger partial charge on any atom is 0.260 e. The van der Waals surface area contributed by atoms with Gasteiger partial charge >= 0.3 is 0 Å². The lowest BCUT2D eigenvalue weighted by Crippen LogP contribution is -2.04. The highest BCUT2D eigenvalue weighted by Crippen LogP contribution is 2.33. The second-order valence-electron chi connectivity index (χ2n) is 5.20. The van der Waals surface area contributed by atoms with E-state index in [-0.39, 0.29) is 0 Å². The van der Waals surface area contributed by atoms with Crippen LogP contribution in [0.4, 0.5) is 5.00 Å². The molecule has 0 bridgehead atoms. The van der Waals surface area contributed by atoms with E-state index in [0.29, 0.717) is 11.8 Å². The van der Waals surface area contributed by atoms with E-state index in [2.05, 4.69) is 10.1 Å². The molecule has 2 heterocycles. The van der Waals surface area contributed by atoms with Crippen molar-refractivity contribution in [3.8, 4) is 11.5 Å². The standard InChI is InChI=1S/C14H19N3OS/c15-12-11(8-9-19-12)14-16-13(17-18-14)10-6-4-2-1-3-5-7-10/h8-10H,1-7,15H2. The van der Waals surface area contributed by atoms with E-state index in [1.54, 1.807) is 0 Å². The summed E-state index contributed by atoms with van der Waals surface area (Å²) in [7, 11) is 0. The molecule has 4 nitrogen and oxygen atoms in total. The van der Waals surface area contributed by atoms with Crippen molar-refractivity contribution in [1.82, 2.24) is 10.1 Å². The molecule has 1 saturated carbocycles. The van der Waals surface area contributed by atoms with Gasteiger partial charge in [0.2, 0.25) is 0 Å². The molecule has 1 aliphatic carbocycles. The summed E-state index contributed by atoms with van der Waals surface area (Å²) in [6, 6.07) is 1.94. The van der Waals surface area contributed by atoms with Crippen molar-refractivity contribution in [3.63, 3.8) is 0 Å². The molecule has 0 atom stereocenters. The van der Waals surface area contributed by atoms with E-state index in [0.717, 1.165) is 16.4 Å². The van der Waals surface area contributed by atoms with Crippen molar-refractivity contribution in [2.45, 2.75) is 50.9 Å². The van der Waals surface area contributed by atoms with E-state index >= 15 is 0 Å². The fourth-order valence-electron chi connectivity index (χ4n) is 2.72. The van der Waals surface area contributed by atoms with E-state index in [9.17, 15) is 0 Å². The number of aromatic nitrogens is 2. The summed E-state index contributed by atoms with van der Waals surface area (Å²) in [6.45, 7) is 0. The van der Waals surface area contributed by atoms with Gasteiger partial charge < -0.3 is 10.3 Å². The van der Waals surface area contributed by atoms with Crippen LogP contribution in [0.1, 0.15) is 56.7 Å². The summed E-state index contributed by atoms with van der Waals surface area (Å²) >= 11 is 1.50. The van der Waals surface area contributed by atoms with Crippen molar-refractivity contribution >= 4 is 16.3 Å². The van der Waals surface area contributed by atoms with Gasteiger partial charge in [-0.3, -0.25) is 0 Å². The molecule has 1 fully saturated rings. The molecule has 0 amide bonds. The Morgan fingerprint density at radius 2 is 1.89 bits per heavy atom. The summed E-state index contributed by atoms with van der Waals surface area (Å²) in [6.07, 6.45) is 8.94. The van der Waals surface area contributed by atoms with Crippen LogP contribution in [0, 0.1) is 0 Å². The molecule has 0 aromatic carbocycles. The number of nitrogens with two attached hydrogens (primary N) is 1. The zero-order valence-electron chi connectivity index (χ0n) is 11.0. The maximum atomic E-state index is 5.90. The van der Waals surface area contributed by atoms with Crippen LogP contribution in [0.5, 0.6) is 0 Å². The van der Waals surface area contributed by atoms with Gasteiger partial charge in [0.05, 0.1) is 10.6 Å². The lowest BCUT2D eigenvalue weighted by Gasteiger charge is -2.15. The Hall–Kier alpha value is -1.36. The SMILES string of the molecule is Nc1sccc1-c1nc(C2CCCCCCC2)no1. The minimum Gasteiger partial charge on any atom is -0.390 e. The molecule has 3 rings (SSSR count). The maximum absolute atomic E-state index is 5.90. The van der Waals surface area contributed by atoms with Gasteiger partial charge in [-0.2, -0.15) is 4.98 Å². The summed E-state index contributed by atoms with van der Waals surface area (Å²) in [5, 5.41) is 6.86. The Morgan fingerprint density at radius 3 is 2.58 bits per heavy atom. The molecule has 0 radical (unpaired) electrons. The monoisotopic (exact) mass is 277 g/mol. The van der Waals surface area contributed by atoms with Crippen molar-refractivity contribution in [3.05, 3.63) is 17.3 Å². The zero-order chi connectivity index (χ0) is 13.1. The van der Waals surface area contributed by atoms with Crippen LogP contribution in [-0.4, -0.2) is 10.1 Å². The topological polar surface area (TPSA) is 64.9 Å². The van der Waals surface area contributed by atoms with Gasteiger partial charge in [-0.15, -0.1) is 11.3 Å². The first kappa shape index (κ1) is 12.7. The quantitative estimate of drug-likeness (QED) is 0.893. The third-order valence-electron chi connectivity index (χ3n) is 3.84. The predicted octanol–water partition coefficient (Wildman–Crippen LogP) is 4.21. The number of rotatable bonds is 2. The van der Waals surface area contributed by atoms with Crippen LogP contribution < -0.4 is 5.73 Å². The van der Waals surface area contributed by atoms with Gasteiger partial charge in [-0.05, 0) is 24.3 Å². The van der Waals surface area contributed by atoms with Crippen molar-refractivity contribution in [1.29, 1.82) is 0 Å². The van der Waals surface area contributed by atoms with Crippen LogP contribution in [0.25, 0.3) is 11.5 Å². The molecule has 19 heavy (non-hydrogen) atoms. The molecule has 102 valence electrons. The summed E-state index contributed by atoms with van der Waals surface area (Å²) in [4.78, 5) is 4.56. The van der Waals surface area contributed by atoms with Gasteiger partial charge in [0.1, 0.15) is 0 Å². The lowest BCUT2D eigenvalue weighted by molar-refractivity contribution is 0.393. The van der Waals surface area contributed by atoms with Crippen molar-refractivity contribution < 1.29 is 4.52 Å². The number of anilines is 1. The molecule has 2 aromatic heterocycles. The average Bonchev–Trinajstić information content (AvgIpc) is 2.97. The smallest absolute Gasteiger partial charge is 0.260 e. The minimum atomic E-state index is 0.456. The average molecular weight is 277 g/mol. The van der Waals surface area contributed by atoms with Crippen molar-refractivity contribution in [2.75, 3.05) is 5.73 Å². The molecule has 5 heteroatoms. The Morgan fingerprint density at radius 1 is 1.16 bits per heavy atom. The number of hydrogen-bond donors (Lipinski definition) is 1.